The summed E-state index contributed by atoms with van der Waals surface area (Å²) in [5.74, 6) is 0.249. The summed E-state index contributed by atoms with van der Waals surface area (Å²) in [6, 6.07) is 13.2. The van der Waals surface area contributed by atoms with Crippen molar-refractivity contribution in [2.45, 2.75) is 59.6 Å². The zero-order valence-electron chi connectivity index (χ0n) is 25.9. The summed E-state index contributed by atoms with van der Waals surface area (Å²) < 4.78 is 10.6. The predicted octanol–water partition coefficient (Wildman–Crippen LogP) is 6.21. The lowest BCUT2D eigenvalue weighted by molar-refractivity contribution is -0.384. The van der Waals surface area contributed by atoms with Gasteiger partial charge in [-0.2, -0.15) is 4.98 Å². The number of amides is 1. The maximum Gasteiger partial charge on any atom is 0.410 e. The highest BCUT2D eigenvalue weighted by molar-refractivity contribution is 5.91. The summed E-state index contributed by atoms with van der Waals surface area (Å²) in [5.41, 5.74) is 3.59. The van der Waals surface area contributed by atoms with Gasteiger partial charge in [-0.15, -0.1) is 0 Å². The van der Waals surface area contributed by atoms with Crippen molar-refractivity contribution >= 4 is 29.5 Å². The van der Waals surface area contributed by atoms with Crippen molar-refractivity contribution in [1.29, 1.82) is 0 Å². The van der Waals surface area contributed by atoms with E-state index >= 15 is 0 Å². The Labute approximate surface area is 257 Å². The molecule has 0 bridgehead atoms. The van der Waals surface area contributed by atoms with Gasteiger partial charge in [-0.1, -0.05) is 30.3 Å². The van der Waals surface area contributed by atoms with E-state index in [0.29, 0.717) is 38.3 Å². The van der Waals surface area contributed by atoms with Gasteiger partial charge in [0.25, 0.3) is 0 Å². The quantitative estimate of drug-likeness (QED) is 0.155. The maximum atomic E-state index is 12.4. The first-order valence-corrected chi connectivity index (χ1v) is 14.8. The molecule has 0 spiro atoms. The number of aromatic nitrogens is 2. The van der Waals surface area contributed by atoms with Crippen LogP contribution in [0, 0.1) is 23.0 Å². The van der Waals surface area contributed by atoms with Crippen LogP contribution in [-0.2, 0) is 16.0 Å². The Hall–Kier alpha value is -4.74. The van der Waals surface area contributed by atoms with Crippen LogP contribution >= 0.6 is 0 Å². The molecule has 3 aromatic rings. The number of nitrogens with one attached hydrogen (secondary N) is 2. The summed E-state index contributed by atoms with van der Waals surface area (Å²) in [5, 5.41) is 18.0. The Morgan fingerprint density at radius 2 is 1.84 bits per heavy atom. The standard InChI is InChI=1S/C32H40N6O6/c1-6-43-29(39)24-10-7-9-23(17-24)26-12-8-11-25(21(26)2)19-34-30-35-20-27(38(41)42)28(36-30)33-18-22-13-15-37(16-14-22)31(40)44-32(3,4)5/h7-12,17,20,22H,6,13-16,18-19H2,1-5H3,(H2,33,34,35,36). The number of ether oxygens (including phenoxy) is 2. The average molecular weight is 605 g/mol. The Balaban J connectivity index is 1.40. The Morgan fingerprint density at radius 1 is 1.11 bits per heavy atom. The number of nitro groups is 1. The van der Waals surface area contributed by atoms with Crippen LogP contribution in [0.25, 0.3) is 11.1 Å². The van der Waals surface area contributed by atoms with Crippen molar-refractivity contribution in [3.05, 3.63) is 75.5 Å². The number of carbonyl (C=O) groups is 2. The summed E-state index contributed by atoms with van der Waals surface area (Å²) >= 11 is 0. The number of nitrogens with zero attached hydrogens (tertiary/aromatic N) is 4. The van der Waals surface area contributed by atoms with E-state index in [0.717, 1.165) is 35.1 Å². The molecule has 2 aromatic carbocycles. The molecular weight excluding hydrogens is 564 g/mol. The Morgan fingerprint density at radius 3 is 2.52 bits per heavy atom. The van der Waals surface area contributed by atoms with E-state index in [4.69, 9.17) is 9.47 Å². The molecule has 0 atom stereocenters. The van der Waals surface area contributed by atoms with E-state index in [9.17, 15) is 19.7 Å². The summed E-state index contributed by atoms with van der Waals surface area (Å²) in [4.78, 5) is 46.1. The number of likely N-dealkylation sites (tertiary alicyclic amines) is 1. The zero-order valence-corrected chi connectivity index (χ0v) is 25.9. The normalized spacial score (nSPS) is 13.7. The first kappa shape index (κ1) is 32.2. The van der Waals surface area contributed by atoms with Crippen LogP contribution in [0.5, 0.6) is 0 Å². The van der Waals surface area contributed by atoms with Gasteiger partial charge in [-0.05, 0) is 87.8 Å². The third kappa shape index (κ3) is 8.42. The van der Waals surface area contributed by atoms with Crippen LogP contribution in [-0.4, -0.2) is 63.7 Å². The molecule has 1 fully saturated rings. The third-order valence-corrected chi connectivity index (χ3v) is 7.36. The lowest BCUT2D eigenvalue weighted by Gasteiger charge is -2.33. The SMILES string of the molecule is CCOC(=O)c1cccc(-c2cccc(CNc3ncc([N+](=O)[O-])c(NCC4CCN(C(=O)OC(C)(C)C)CC4)n3)c2C)c1. The van der Waals surface area contributed by atoms with Crippen LogP contribution in [0.1, 0.15) is 62.0 Å². The molecule has 12 nitrogen and oxygen atoms in total. The van der Waals surface area contributed by atoms with Gasteiger partial charge >= 0.3 is 17.7 Å². The molecule has 1 aromatic heterocycles. The Bertz CT molecular complexity index is 1500. The van der Waals surface area contributed by atoms with Crippen molar-refractivity contribution in [2.75, 3.05) is 36.9 Å². The predicted molar refractivity (Wildman–Crippen MR) is 168 cm³/mol. The van der Waals surface area contributed by atoms with Gasteiger partial charge in [-0.25, -0.2) is 14.6 Å². The maximum absolute atomic E-state index is 12.4. The van der Waals surface area contributed by atoms with Crippen LogP contribution < -0.4 is 10.6 Å². The second-order valence-electron chi connectivity index (χ2n) is 11.7. The van der Waals surface area contributed by atoms with Crippen molar-refractivity contribution < 1.29 is 24.0 Å². The second-order valence-corrected chi connectivity index (χ2v) is 11.7. The highest BCUT2D eigenvalue weighted by Gasteiger charge is 2.27. The molecule has 0 saturated carbocycles. The molecule has 1 saturated heterocycles. The second kappa shape index (κ2) is 14.2. The zero-order chi connectivity index (χ0) is 31.9. The molecule has 2 heterocycles. The molecule has 0 unspecified atom stereocenters. The minimum absolute atomic E-state index is 0.142. The lowest BCUT2D eigenvalue weighted by Crippen LogP contribution is -2.42. The van der Waals surface area contributed by atoms with E-state index < -0.39 is 10.5 Å². The molecule has 1 aliphatic heterocycles. The first-order chi connectivity index (χ1) is 20.9. The van der Waals surface area contributed by atoms with E-state index in [1.165, 1.54) is 6.20 Å². The number of rotatable bonds is 10. The van der Waals surface area contributed by atoms with E-state index in [1.54, 1.807) is 17.9 Å². The highest BCUT2D eigenvalue weighted by Crippen LogP contribution is 2.28. The van der Waals surface area contributed by atoms with Gasteiger partial charge in [0.15, 0.2) is 0 Å². The monoisotopic (exact) mass is 604 g/mol. The fourth-order valence-electron chi connectivity index (χ4n) is 5.00. The fraction of sp³-hybridized carbons (Fsp3) is 0.438. The first-order valence-electron chi connectivity index (χ1n) is 14.8. The largest absolute Gasteiger partial charge is 0.462 e. The Kier molecular flexibility index (Phi) is 10.4. The van der Waals surface area contributed by atoms with Crippen LogP contribution in [0.4, 0.5) is 22.2 Å². The molecule has 12 heteroatoms. The molecule has 2 N–H and O–H groups in total. The molecule has 44 heavy (non-hydrogen) atoms. The minimum Gasteiger partial charge on any atom is -0.462 e. The van der Waals surface area contributed by atoms with Crippen LogP contribution in [0.2, 0.25) is 0 Å². The van der Waals surface area contributed by atoms with Gasteiger partial charge in [-0.3, -0.25) is 10.1 Å². The number of esters is 1. The van der Waals surface area contributed by atoms with Crippen LogP contribution in [0.3, 0.4) is 0 Å². The molecule has 0 aliphatic carbocycles. The number of anilines is 2. The average Bonchev–Trinajstić information content (AvgIpc) is 2.99. The summed E-state index contributed by atoms with van der Waals surface area (Å²) in [7, 11) is 0. The summed E-state index contributed by atoms with van der Waals surface area (Å²) in [6.07, 6.45) is 2.37. The van der Waals surface area contributed by atoms with Crippen LogP contribution in [0.15, 0.2) is 48.7 Å². The number of piperidine rings is 1. The van der Waals surface area contributed by atoms with Crippen molar-refractivity contribution in [2.24, 2.45) is 5.92 Å². The molecule has 0 radical (unpaired) electrons. The van der Waals surface area contributed by atoms with Gasteiger partial charge in [0.2, 0.25) is 11.8 Å². The van der Waals surface area contributed by atoms with Gasteiger partial charge in [0.05, 0.1) is 17.1 Å². The number of carbonyl (C=O) groups excluding carboxylic acids is 2. The number of benzene rings is 2. The van der Waals surface area contributed by atoms with Crippen molar-refractivity contribution in [3.8, 4) is 11.1 Å². The van der Waals surface area contributed by atoms with E-state index in [2.05, 4.69) is 20.6 Å². The van der Waals surface area contributed by atoms with Crippen molar-refractivity contribution in [1.82, 2.24) is 14.9 Å². The number of hydrogen-bond acceptors (Lipinski definition) is 10. The molecule has 1 amide bonds. The lowest BCUT2D eigenvalue weighted by atomic mass is 9.95. The summed E-state index contributed by atoms with van der Waals surface area (Å²) in [6.45, 7) is 11.6. The molecular formula is C32H40N6O6. The molecule has 234 valence electrons. The van der Waals surface area contributed by atoms with E-state index in [1.807, 2.05) is 64.1 Å². The molecule has 4 rings (SSSR count). The molecule has 1 aliphatic rings. The highest BCUT2D eigenvalue weighted by atomic mass is 16.6. The smallest absolute Gasteiger partial charge is 0.410 e. The van der Waals surface area contributed by atoms with Gasteiger partial charge in [0.1, 0.15) is 11.8 Å². The third-order valence-electron chi connectivity index (χ3n) is 7.36. The van der Waals surface area contributed by atoms with Crippen molar-refractivity contribution in [3.63, 3.8) is 0 Å². The van der Waals surface area contributed by atoms with E-state index in [-0.39, 0.29) is 35.4 Å². The minimum atomic E-state index is -0.550. The fourth-order valence-corrected chi connectivity index (χ4v) is 5.00. The van der Waals surface area contributed by atoms with Gasteiger partial charge < -0.3 is 25.0 Å². The topological polar surface area (TPSA) is 149 Å². The number of hydrogen-bond donors (Lipinski definition) is 2. The van der Waals surface area contributed by atoms with Gasteiger partial charge in [0, 0.05) is 26.2 Å².